The quantitative estimate of drug-likeness (QED) is 0.162. The Bertz CT molecular complexity index is 2920. The van der Waals surface area contributed by atoms with Crippen molar-refractivity contribution in [1.29, 1.82) is 0 Å². The van der Waals surface area contributed by atoms with Crippen LogP contribution in [-0.4, -0.2) is 4.57 Å². The van der Waals surface area contributed by atoms with E-state index in [9.17, 15) is 0 Å². The van der Waals surface area contributed by atoms with Gasteiger partial charge in [-0.05, 0) is 75.5 Å². The average Bonchev–Trinajstić information content (AvgIpc) is 3.59. The Morgan fingerprint density at radius 2 is 0.907 bits per heavy atom. The van der Waals surface area contributed by atoms with Crippen LogP contribution >= 0.6 is 0 Å². The topological polar surface area (TPSA) is 8.17 Å². The normalized spacial score (nSPS) is 11.3. The predicted molar refractivity (Wildman–Crippen MR) is 229 cm³/mol. The van der Waals surface area contributed by atoms with Crippen LogP contribution in [0, 0.1) is 0 Å². The number of para-hydroxylation sites is 3. The molecule has 0 saturated heterocycles. The third kappa shape index (κ3) is 5.36. The van der Waals surface area contributed by atoms with E-state index in [2.05, 4.69) is 228 Å². The van der Waals surface area contributed by atoms with Gasteiger partial charge in [-0.3, -0.25) is 0 Å². The van der Waals surface area contributed by atoms with Crippen LogP contribution in [0.3, 0.4) is 0 Å². The fourth-order valence-corrected chi connectivity index (χ4v) is 8.18. The summed E-state index contributed by atoms with van der Waals surface area (Å²) in [5.74, 6) is 0. The number of rotatable bonds is 7. The zero-order valence-corrected chi connectivity index (χ0v) is 29.7. The SMILES string of the molecule is c1ccc(-c2ccc(-c3ccccc3)c(-n3c4ccccc4c4c(N(c5ccccc5)c5ccccc5-c5cccc6ccccc56)cccc43)c2)cc1. The van der Waals surface area contributed by atoms with E-state index in [1.807, 2.05) is 0 Å². The lowest BCUT2D eigenvalue weighted by molar-refractivity contribution is 1.18. The van der Waals surface area contributed by atoms with E-state index in [4.69, 9.17) is 0 Å². The predicted octanol–water partition coefficient (Wildman–Crippen LogP) is 14.4. The lowest BCUT2D eigenvalue weighted by Gasteiger charge is -2.29. The Morgan fingerprint density at radius 3 is 1.72 bits per heavy atom. The number of benzene rings is 9. The second-order valence-corrected chi connectivity index (χ2v) is 13.7. The highest BCUT2D eigenvalue weighted by Gasteiger charge is 2.24. The maximum absolute atomic E-state index is 2.47. The first-order chi connectivity index (χ1) is 26.8. The highest BCUT2D eigenvalue weighted by molar-refractivity contribution is 6.17. The highest BCUT2D eigenvalue weighted by atomic mass is 15.2. The van der Waals surface area contributed by atoms with Gasteiger partial charge in [-0.2, -0.15) is 0 Å². The summed E-state index contributed by atoms with van der Waals surface area (Å²) in [5, 5.41) is 4.87. The van der Waals surface area contributed by atoms with Crippen molar-refractivity contribution in [1.82, 2.24) is 4.57 Å². The van der Waals surface area contributed by atoms with Gasteiger partial charge in [-0.1, -0.05) is 176 Å². The van der Waals surface area contributed by atoms with E-state index < -0.39 is 0 Å². The van der Waals surface area contributed by atoms with Crippen molar-refractivity contribution in [3.8, 4) is 39.1 Å². The van der Waals surface area contributed by atoms with Crippen LogP contribution in [-0.2, 0) is 0 Å². The summed E-state index contributed by atoms with van der Waals surface area (Å²) in [5.41, 5.74) is 14.0. The number of fused-ring (bicyclic) bond motifs is 4. The van der Waals surface area contributed by atoms with Crippen LogP contribution in [0.5, 0.6) is 0 Å². The van der Waals surface area contributed by atoms with Crippen molar-refractivity contribution in [2.24, 2.45) is 0 Å². The molecule has 9 aromatic carbocycles. The number of anilines is 3. The zero-order valence-electron chi connectivity index (χ0n) is 29.7. The molecule has 10 aromatic rings. The number of hydrogen-bond donors (Lipinski definition) is 0. The first-order valence-corrected chi connectivity index (χ1v) is 18.5. The van der Waals surface area contributed by atoms with Crippen molar-refractivity contribution in [3.63, 3.8) is 0 Å². The van der Waals surface area contributed by atoms with Crippen molar-refractivity contribution < 1.29 is 0 Å². The molecule has 0 atom stereocenters. The molecule has 0 N–H and O–H groups in total. The van der Waals surface area contributed by atoms with Gasteiger partial charge in [0.25, 0.3) is 0 Å². The van der Waals surface area contributed by atoms with Gasteiger partial charge >= 0.3 is 0 Å². The first-order valence-electron chi connectivity index (χ1n) is 18.5. The molecule has 0 radical (unpaired) electrons. The second-order valence-electron chi connectivity index (χ2n) is 13.7. The van der Waals surface area contributed by atoms with E-state index >= 15 is 0 Å². The molecule has 2 heteroatoms. The molecule has 0 fully saturated rings. The van der Waals surface area contributed by atoms with Crippen molar-refractivity contribution in [3.05, 3.63) is 218 Å². The Morgan fingerprint density at radius 1 is 0.333 bits per heavy atom. The Balaban J connectivity index is 1.28. The van der Waals surface area contributed by atoms with E-state index in [1.165, 1.54) is 54.9 Å². The fourth-order valence-electron chi connectivity index (χ4n) is 8.18. The number of hydrogen-bond acceptors (Lipinski definition) is 1. The van der Waals surface area contributed by atoms with Crippen LogP contribution in [0.25, 0.3) is 71.6 Å². The third-order valence-electron chi connectivity index (χ3n) is 10.6. The summed E-state index contributed by atoms with van der Waals surface area (Å²) >= 11 is 0. The maximum atomic E-state index is 2.47. The smallest absolute Gasteiger partial charge is 0.0562 e. The summed E-state index contributed by atoms with van der Waals surface area (Å²) in [6.07, 6.45) is 0. The van der Waals surface area contributed by atoms with Gasteiger partial charge in [0, 0.05) is 27.6 Å². The molecule has 0 spiro atoms. The van der Waals surface area contributed by atoms with Crippen LogP contribution in [0.4, 0.5) is 17.1 Å². The molecule has 0 bridgehead atoms. The van der Waals surface area contributed by atoms with Gasteiger partial charge < -0.3 is 9.47 Å². The zero-order chi connectivity index (χ0) is 35.8. The van der Waals surface area contributed by atoms with E-state index in [0.717, 1.165) is 33.8 Å². The van der Waals surface area contributed by atoms with Crippen LogP contribution < -0.4 is 4.90 Å². The van der Waals surface area contributed by atoms with Gasteiger partial charge in [0.05, 0.1) is 28.1 Å². The third-order valence-corrected chi connectivity index (χ3v) is 10.6. The summed E-state index contributed by atoms with van der Waals surface area (Å²) in [6.45, 7) is 0. The molecule has 254 valence electrons. The lowest BCUT2D eigenvalue weighted by Crippen LogP contribution is -2.11. The number of nitrogens with zero attached hydrogens (tertiary/aromatic N) is 2. The molecule has 0 amide bonds. The Labute approximate surface area is 315 Å². The lowest BCUT2D eigenvalue weighted by atomic mass is 9.96. The van der Waals surface area contributed by atoms with Gasteiger partial charge in [0.15, 0.2) is 0 Å². The monoisotopic (exact) mass is 688 g/mol. The van der Waals surface area contributed by atoms with Crippen molar-refractivity contribution >= 4 is 49.6 Å². The molecule has 10 rings (SSSR count). The summed E-state index contributed by atoms with van der Waals surface area (Å²) in [7, 11) is 0. The fraction of sp³-hybridized carbons (Fsp3) is 0. The molecular weight excluding hydrogens is 653 g/mol. The van der Waals surface area contributed by atoms with Gasteiger partial charge in [0.1, 0.15) is 0 Å². The van der Waals surface area contributed by atoms with E-state index in [-0.39, 0.29) is 0 Å². The Kier molecular flexibility index (Phi) is 7.85. The molecule has 0 aliphatic carbocycles. The minimum absolute atomic E-state index is 1.10. The average molecular weight is 689 g/mol. The molecule has 2 nitrogen and oxygen atoms in total. The molecule has 1 heterocycles. The Hall–Kier alpha value is -7.16. The summed E-state index contributed by atoms with van der Waals surface area (Å²) < 4.78 is 2.47. The molecule has 0 aliphatic heterocycles. The van der Waals surface area contributed by atoms with Crippen LogP contribution in [0.2, 0.25) is 0 Å². The van der Waals surface area contributed by atoms with Gasteiger partial charge in [0.2, 0.25) is 0 Å². The standard InChI is InChI=1S/C52H36N2/c1-4-18-37(19-5-1)40-34-35-43(39-20-6-2-7-21-39)51(36-40)54-48-31-15-13-28-46(48)52-49(32-17-33-50(52)54)53(41-24-8-3-9-25-41)47-30-14-12-27-45(47)44-29-16-23-38-22-10-11-26-42(38)44/h1-36H. The molecule has 1 aromatic heterocycles. The second kappa shape index (κ2) is 13.4. The van der Waals surface area contributed by atoms with Crippen LogP contribution in [0.15, 0.2) is 218 Å². The number of aromatic nitrogens is 1. The minimum Gasteiger partial charge on any atom is -0.309 e. The molecule has 54 heavy (non-hydrogen) atoms. The summed E-state index contributed by atoms with van der Waals surface area (Å²) in [6, 6.07) is 78.9. The van der Waals surface area contributed by atoms with Crippen molar-refractivity contribution in [2.75, 3.05) is 4.90 Å². The molecule has 0 unspecified atom stereocenters. The molecule has 0 saturated carbocycles. The van der Waals surface area contributed by atoms with E-state index in [0.29, 0.717) is 0 Å². The largest absolute Gasteiger partial charge is 0.309 e. The molecule has 0 aliphatic rings. The first kappa shape index (κ1) is 31.6. The minimum atomic E-state index is 1.10. The van der Waals surface area contributed by atoms with Gasteiger partial charge in [-0.25, -0.2) is 0 Å². The van der Waals surface area contributed by atoms with Crippen molar-refractivity contribution in [2.45, 2.75) is 0 Å². The van der Waals surface area contributed by atoms with E-state index in [1.54, 1.807) is 0 Å². The van der Waals surface area contributed by atoms with Gasteiger partial charge in [-0.15, -0.1) is 0 Å². The highest BCUT2D eigenvalue weighted by Crippen LogP contribution is 2.48. The molecular formula is C52H36N2. The summed E-state index contributed by atoms with van der Waals surface area (Å²) in [4.78, 5) is 2.45. The maximum Gasteiger partial charge on any atom is 0.0562 e. The van der Waals surface area contributed by atoms with Crippen LogP contribution in [0.1, 0.15) is 0 Å².